The summed E-state index contributed by atoms with van der Waals surface area (Å²) in [7, 11) is -3.14. The molecule has 0 saturated carbocycles. The van der Waals surface area contributed by atoms with Crippen LogP contribution in [-0.4, -0.2) is 65.6 Å². The van der Waals surface area contributed by atoms with E-state index in [1.807, 2.05) is 31.2 Å². The first kappa shape index (κ1) is 24.6. The van der Waals surface area contributed by atoms with Gasteiger partial charge in [0.25, 0.3) is 5.91 Å². The molecule has 2 aromatic carbocycles. The molecule has 0 radical (unpaired) electrons. The van der Waals surface area contributed by atoms with E-state index in [1.54, 1.807) is 31.2 Å². The van der Waals surface area contributed by atoms with Crippen molar-refractivity contribution in [1.82, 2.24) is 15.1 Å². The number of carbonyl (C=O) groups is 2. The molecule has 1 fully saturated rings. The Morgan fingerprint density at radius 1 is 1.06 bits per heavy atom. The zero-order chi connectivity index (χ0) is 25.2. The van der Waals surface area contributed by atoms with E-state index in [9.17, 15) is 18.0 Å². The fourth-order valence-corrected chi connectivity index (χ4v) is 5.76. The third kappa shape index (κ3) is 5.59. The van der Waals surface area contributed by atoms with Crippen LogP contribution in [-0.2, 0) is 19.4 Å². The lowest BCUT2D eigenvalue weighted by atomic mass is 10.1. The monoisotopic (exact) mass is 497 g/mol. The maximum absolute atomic E-state index is 12.8. The van der Waals surface area contributed by atoms with Crippen LogP contribution in [0.5, 0.6) is 0 Å². The Morgan fingerprint density at radius 3 is 2.14 bits per heavy atom. The molecule has 0 N–H and O–H groups in total. The molecule has 1 aliphatic rings. The fraction of sp³-hybridized carbons (Fsp3) is 0.360. The molecule has 1 aromatic heterocycles. The van der Waals surface area contributed by atoms with Gasteiger partial charge in [0.05, 0.1) is 17.1 Å². The van der Waals surface area contributed by atoms with E-state index in [1.165, 1.54) is 11.8 Å². The maximum atomic E-state index is 12.8. The lowest BCUT2D eigenvalue weighted by Crippen LogP contribution is -2.46. The summed E-state index contributed by atoms with van der Waals surface area (Å²) >= 11 is 0. The molecular formula is C25H27N3O6S. The number of amides is 1. The van der Waals surface area contributed by atoms with Crippen molar-refractivity contribution in [2.24, 2.45) is 0 Å². The van der Waals surface area contributed by atoms with Gasteiger partial charge < -0.3 is 14.1 Å². The van der Waals surface area contributed by atoms with Crippen LogP contribution in [0.2, 0.25) is 0 Å². The van der Waals surface area contributed by atoms with Crippen LogP contribution >= 0.6 is 0 Å². The van der Waals surface area contributed by atoms with Gasteiger partial charge >= 0.3 is 5.97 Å². The van der Waals surface area contributed by atoms with Crippen molar-refractivity contribution in [3.05, 3.63) is 59.7 Å². The standard InChI is InChI=1S/C25H27N3O6S/c1-4-28(21-13-14-35(31,32)15-21)24(29)17(3)33-25(30)20-11-9-19(10-12-20)23-27-26-22(34-23)18-7-5-16(2)6-8-18/h5-12,17,21H,4,13-15H2,1-3H3/t17-,21-/m1/s1. The second-order valence-corrected chi connectivity index (χ2v) is 10.8. The van der Waals surface area contributed by atoms with Crippen molar-refractivity contribution in [1.29, 1.82) is 0 Å². The van der Waals surface area contributed by atoms with E-state index in [4.69, 9.17) is 9.15 Å². The number of likely N-dealkylation sites (N-methyl/N-ethyl adjacent to an activating group) is 1. The number of sulfone groups is 1. The number of rotatable bonds is 7. The van der Waals surface area contributed by atoms with Gasteiger partial charge in [-0.05, 0) is 63.6 Å². The largest absolute Gasteiger partial charge is 0.449 e. The topological polar surface area (TPSA) is 120 Å². The van der Waals surface area contributed by atoms with Crippen molar-refractivity contribution in [2.75, 3.05) is 18.1 Å². The first-order chi connectivity index (χ1) is 16.7. The number of hydrogen-bond donors (Lipinski definition) is 0. The van der Waals surface area contributed by atoms with Crippen LogP contribution < -0.4 is 0 Å². The van der Waals surface area contributed by atoms with Crippen LogP contribution in [0.1, 0.15) is 36.2 Å². The third-order valence-corrected chi connectivity index (χ3v) is 7.75. The minimum Gasteiger partial charge on any atom is -0.449 e. The number of nitrogens with zero attached hydrogens (tertiary/aromatic N) is 3. The molecule has 1 aliphatic heterocycles. The van der Waals surface area contributed by atoms with Crippen molar-refractivity contribution >= 4 is 21.7 Å². The fourth-order valence-electron chi connectivity index (χ4n) is 4.03. The van der Waals surface area contributed by atoms with E-state index in [0.29, 0.717) is 30.3 Å². The van der Waals surface area contributed by atoms with Gasteiger partial charge in [0.15, 0.2) is 15.9 Å². The Morgan fingerprint density at radius 2 is 1.63 bits per heavy atom. The summed E-state index contributed by atoms with van der Waals surface area (Å²) in [5.41, 5.74) is 2.83. The maximum Gasteiger partial charge on any atom is 0.338 e. The minimum absolute atomic E-state index is 0.0595. The summed E-state index contributed by atoms with van der Waals surface area (Å²) in [5, 5.41) is 8.17. The SMILES string of the molecule is CCN(C(=O)[C@@H](C)OC(=O)c1ccc(-c2nnc(-c3ccc(C)cc3)o2)cc1)[C@@H]1CCS(=O)(=O)C1. The highest BCUT2D eigenvalue weighted by Crippen LogP contribution is 2.25. The normalized spacial score (nSPS) is 17.6. The molecule has 2 heterocycles. The lowest BCUT2D eigenvalue weighted by Gasteiger charge is -2.29. The van der Waals surface area contributed by atoms with E-state index in [-0.39, 0.29) is 17.1 Å². The lowest BCUT2D eigenvalue weighted by molar-refractivity contribution is -0.141. The van der Waals surface area contributed by atoms with E-state index < -0.39 is 33.9 Å². The number of esters is 1. The molecule has 3 aromatic rings. The van der Waals surface area contributed by atoms with Crippen molar-refractivity contribution in [3.8, 4) is 22.9 Å². The second-order valence-electron chi connectivity index (χ2n) is 8.58. The number of aromatic nitrogens is 2. The molecule has 0 aliphatic carbocycles. The molecular weight excluding hydrogens is 470 g/mol. The number of ether oxygens (including phenoxy) is 1. The Labute approximate surface area is 204 Å². The Kier molecular flexibility index (Phi) is 7.02. The summed E-state index contributed by atoms with van der Waals surface area (Å²) in [6, 6.07) is 13.8. The van der Waals surface area contributed by atoms with Gasteiger partial charge in [-0.15, -0.1) is 10.2 Å². The predicted octanol–water partition coefficient (Wildman–Crippen LogP) is 3.29. The van der Waals surface area contributed by atoms with Crippen LogP contribution in [0.25, 0.3) is 22.9 Å². The highest BCUT2D eigenvalue weighted by Gasteiger charge is 2.36. The first-order valence-corrected chi connectivity index (χ1v) is 13.2. The summed E-state index contributed by atoms with van der Waals surface area (Å²) in [6.07, 6.45) is -0.649. The summed E-state index contributed by atoms with van der Waals surface area (Å²) < 4.78 is 34.7. The molecule has 0 bridgehead atoms. The second kappa shape index (κ2) is 9.99. The van der Waals surface area contributed by atoms with Crippen LogP contribution in [0.4, 0.5) is 0 Å². The van der Waals surface area contributed by atoms with Gasteiger partial charge in [0.1, 0.15) is 0 Å². The Bertz CT molecular complexity index is 1320. The van der Waals surface area contributed by atoms with Gasteiger partial charge in [-0.25, -0.2) is 13.2 Å². The van der Waals surface area contributed by atoms with Gasteiger partial charge in [-0.3, -0.25) is 4.79 Å². The molecule has 0 spiro atoms. The summed E-state index contributed by atoms with van der Waals surface area (Å²) in [4.78, 5) is 26.9. The van der Waals surface area contributed by atoms with Gasteiger partial charge in [0.2, 0.25) is 11.8 Å². The number of carbonyl (C=O) groups excluding carboxylic acids is 2. The van der Waals surface area contributed by atoms with Crippen LogP contribution in [0, 0.1) is 6.92 Å². The molecule has 35 heavy (non-hydrogen) atoms. The first-order valence-electron chi connectivity index (χ1n) is 11.4. The molecule has 4 rings (SSSR count). The molecule has 2 atom stereocenters. The van der Waals surface area contributed by atoms with Crippen molar-refractivity contribution < 1.29 is 27.2 Å². The van der Waals surface area contributed by atoms with E-state index in [2.05, 4.69) is 10.2 Å². The predicted molar refractivity (Wildman–Crippen MR) is 129 cm³/mol. The molecule has 9 nitrogen and oxygen atoms in total. The van der Waals surface area contributed by atoms with Crippen molar-refractivity contribution in [3.63, 3.8) is 0 Å². The number of hydrogen-bond acceptors (Lipinski definition) is 8. The quantitative estimate of drug-likeness (QED) is 0.456. The zero-order valence-corrected chi connectivity index (χ0v) is 20.6. The smallest absolute Gasteiger partial charge is 0.338 e. The highest BCUT2D eigenvalue weighted by molar-refractivity contribution is 7.91. The Balaban J connectivity index is 1.40. The number of benzene rings is 2. The zero-order valence-electron chi connectivity index (χ0n) is 19.8. The van der Waals surface area contributed by atoms with Gasteiger partial charge in [0, 0.05) is 23.7 Å². The van der Waals surface area contributed by atoms with E-state index in [0.717, 1.165) is 11.1 Å². The third-order valence-electron chi connectivity index (χ3n) is 6.00. The Hall–Kier alpha value is -3.53. The summed E-state index contributed by atoms with van der Waals surface area (Å²) in [5.74, 6) is -0.349. The summed E-state index contributed by atoms with van der Waals surface area (Å²) in [6.45, 7) is 5.60. The van der Waals surface area contributed by atoms with Crippen LogP contribution in [0.3, 0.4) is 0 Å². The molecule has 184 valence electrons. The average Bonchev–Trinajstić information content (AvgIpc) is 3.47. The molecule has 0 unspecified atom stereocenters. The highest BCUT2D eigenvalue weighted by atomic mass is 32.2. The molecule has 10 heteroatoms. The van der Waals surface area contributed by atoms with Gasteiger partial charge in [-0.1, -0.05) is 17.7 Å². The average molecular weight is 498 g/mol. The van der Waals surface area contributed by atoms with Gasteiger partial charge in [-0.2, -0.15) is 0 Å². The molecule has 1 saturated heterocycles. The number of aryl methyl sites for hydroxylation is 1. The van der Waals surface area contributed by atoms with Crippen LogP contribution in [0.15, 0.2) is 52.9 Å². The van der Waals surface area contributed by atoms with E-state index >= 15 is 0 Å². The minimum atomic E-state index is -3.14. The van der Waals surface area contributed by atoms with Crippen molar-refractivity contribution in [2.45, 2.75) is 39.3 Å². The molecule has 1 amide bonds.